The maximum Gasteiger partial charge on any atom is 0.226 e. The molecule has 0 fully saturated rings. The van der Waals surface area contributed by atoms with E-state index in [-0.39, 0.29) is 24.3 Å². The molecule has 0 bridgehead atoms. The van der Waals surface area contributed by atoms with E-state index in [9.17, 15) is 9.59 Å². The molecule has 0 spiro atoms. The number of amides is 2. The fraction of sp³-hybridized carbons (Fsp3) is 0.238. The third-order valence-electron chi connectivity index (χ3n) is 5.09. The highest BCUT2D eigenvalue weighted by Crippen LogP contribution is 2.33. The molecule has 0 saturated heterocycles. The Morgan fingerprint density at radius 3 is 2.83 bits per heavy atom. The number of rotatable bonds is 4. The largest absolute Gasteiger partial charge is 0.335 e. The lowest BCUT2D eigenvalue weighted by atomic mass is 9.90. The zero-order chi connectivity index (χ0) is 20.4. The Balaban J connectivity index is 1.60. The van der Waals surface area contributed by atoms with E-state index >= 15 is 0 Å². The van der Waals surface area contributed by atoms with Crippen molar-refractivity contribution >= 4 is 29.1 Å². The summed E-state index contributed by atoms with van der Waals surface area (Å²) in [7, 11) is 0. The Labute approximate surface area is 173 Å². The molecule has 0 radical (unpaired) electrons. The Hall–Kier alpha value is -3.19. The second-order valence-corrected chi connectivity index (χ2v) is 7.37. The van der Waals surface area contributed by atoms with Gasteiger partial charge in [-0.1, -0.05) is 35.9 Å². The summed E-state index contributed by atoms with van der Waals surface area (Å²) >= 11 is 6.14. The van der Waals surface area contributed by atoms with Crippen molar-refractivity contribution in [2.24, 2.45) is 0 Å². The number of nitrogens with one attached hydrogen (secondary N) is 1. The van der Waals surface area contributed by atoms with E-state index in [1.807, 2.05) is 18.2 Å². The van der Waals surface area contributed by atoms with Crippen molar-refractivity contribution < 1.29 is 9.59 Å². The van der Waals surface area contributed by atoms with Gasteiger partial charge in [-0.2, -0.15) is 5.10 Å². The molecule has 1 unspecified atom stereocenters. The summed E-state index contributed by atoms with van der Waals surface area (Å²) < 4.78 is 1.56. The van der Waals surface area contributed by atoms with Gasteiger partial charge in [0.1, 0.15) is 12.7 Å². The normalized spacial score (nSPS) is 15.7. The maximum absolute atomic E-state index is 13.0. The van der Waals surface area contributed by atoms with Gasteiger partial charge in [0.25, 0.3) is 0 Å². The Morgan fingerprint density at radius 2 is 2.07 bits per heavy atom. The maximum atomic E-state index is 13.0. The van der Waals surface area contributed by atoms with Gasteiger partial charge in [0.05, 0.1) is 23.8 Å². The van der Waals surface area contributed by atoms with Crippen LogP contribution in [0.25, 0.3) is 5.69 Å². The van der Waals surface area contributed by atoms with Gasteiger partial charge < -0.3 is 10.2 Å². The fourth-order valence-corrected chi connectivity index (χ4v) is 3.94. The van der Waals surface area contributed by atoms with E-state index in [0.29, 0.717) is 22.9 Å². The Bertz CT molecular complexity index is 1050. The molecule has 0 aliphatic carbocycles. The van der Waals surface area contributed by atoms with Crippen molar-refractivity contribution in [3.05, 3.63) is 71.3 Å². The molecule has 3 aromatic rings. The van der Waals surface area contributed by atoms with E-state index in [1.165, 1.54) is 11.9 Å². The van der Waals surface area contributed by atoms with Crippen LogP contribution in [-0.2, 0) is 16.0 Å². The molecular formula is C21H20ClN5O2. The molecule has 8 heteroatoms. The van der Waals surface area contributed by atoms with Crippen LogP contribution in [0.3, 0.4) is 0 Å². The minimum absolute atomic E-state index is 0.0386. The van der Waals surface area contributed by atoms with Gasteiger partial charge in [-0.25, -0.2) is 9.67 Å². The first kappa shape index (κ1) is 19.1. The van der Waals surface area contributed by atoms with Crippen LogP contribution >= 0.6 is 11.6 Å². The van der Waals surface area contributed by atoms with E-state index in [4.69, 9.17) is 11.6 Å². The Kier molecular flexibility index (Phi) is 5.31. The first-order valence-corrected chi connectivity index (χ1v) is 9.70. The van der Waals surface area contributed by atoms with Crippen LogP contribution in [-0.4, -0.2) is 38.0 Å². The number of benzene rings is 2. The highest BCUT2D eigenvalue weighted by molar-refractivity contribution is 6.31. The van der Waals surface area contributed by atoms with Gasteiger partial charge >= 0.3 is 0 Å². The molecule has 1 aliphatic rings. The number of hydrogen-bond donors (Lipinski definition) is 1. The molecule has 2 amide bonds. The third-order valence-corrected chi connectivity index (χ3v) is 5.33. The zero-order valence-electron chi connectivity index (χ0n) is 15.9. The van der Waals surface area contributed by atoms with E-state index in [2.05, 4.69) is 21.5 Å². The molecular weight excluding hydrogens is 390 g/mol. The number of nitrogens with zero attached hydrogens (tertiary/aromatic N) is 4. The number of hydrogen-bond acceptors (Lipinski definition) is 4. The fourth-order valence-electron chi connectivity index (χ4n) is 3.77. The topological polar surface area (TPSA) is 80.1 Å². The molecule has 29 heavy (non-hydrogen) atoms. The number of carbonyl (C=O) groups excluding carboxylic acids is 2. The summed E-state index contributed by atoms with van der Waals surface area (Å²) in [6, 6.07) is 12.8. The van der Waals surface area contributed by atoms with Crippen LogP contribution in [0, 0.1) is 0 Å². The lowest BCUT2D eigenvalue weighted by molar-refractivity contribution is -0.132. The SMILES string of the molecule is CC(=O)N1CCc2ccccc2C1CC(=O)Nc1cc(Cl)ccc1-n1cncn1. The smallest absolute Gasteiger partial charge is 0.226 e. The monoisotopic (exact) mass is 409 g/mol. The number of halogens is 1. The van der Waals surface area contributed by atoms with E-state index in [1.54, 1.807) is 41.0 Å². The van der Waals surface area contributed by atoms with Crippen molar-refractivity contribution in [1.82, 2.24) is 19.7 Å². The van der Waals surface area contributed by atoms with Gasteiger partial charge in [-0.3, -0.25) is 9.59 Å². The lowest BCUT2D eigenvalue weighted by Crippen LogP contribution is -2.40. The average Bonchev–Trinajstić information content (AvgIpc) is 3.22. The first-order chi connectivity index (χ1) is 14.0. The summed E-state index contributed by atoms with van der Waals surface area (Å²) in [5.41, 5.74) is 3.39. The van der Waals surface area contributed by atoms with Crippen LogP contribution in [0.15, 0.2) is 55.1 Å². The number of anilines is 1. The summed E-state index contributed by atoms with van der Waals surface area (Å²) in [5.74, 6) is -0.245. The third kappa shape index (κ3) is 4.00. The van der Waals surface area contributed by atoms with Crippen molar-refractivity contribution in [1.29, 1.82) is 0 Å². The second kappa shape index (κ2) is 8.05. The first-order valence-electron chi connectivity index (χ1n) is 9.32. The van der Waals surface area contributed by atoms with Gasteiger partial charge in [0, 0.05) is 18.5 Å². The molecule has 1 aromatic heterocycles. The highest BCUT2D eigenvalue weighted by Gasteiger charge is 2.30. The van der Waals surface area contributed by atoms with Crippen LogP contribution < -0.4 is 5.32 Å². The van der Waals surface area contributed by atoms with Crippen molar-refractivity contribution in [3.8, 4) is 5.69 Å². The molecule has 148 valence electrons. The van der Waals surface area contributed by atoms with E-state index in [0.717, 1.165) is 12.0 Å². The number of carbonyl (C=O) groups is 2. The lowest BCUT2D eigenvalue weighted by Gasteiger charge is -2.36. The van der Waals surface area contributed by atoms with Gasteiger partial charge in [0.15, 0.2) is 0 Å². The minimum Gasteiger partial charge on any atom is -0.335 e. The molecule has 4 rings (SSSR count). The van der Waals surface area contributed by atoms with Crippen LogP contribution in [0.2, 0.25) is 5.02 Å². The molecule has 0 saturated carbocycles. The van der Waals surface area contributed by atoms with Crippen LogP contribution in [0.4, 0.5) is 5.69 Å². The summed E-state index contributed by atoms with van der Waals surface area (Å²) in [6.07, 6.45) is 3.91. The van der Waals surface area contributed by atoms with Gasteiger partial charge in [-0.15, -0.1) is 0 Å². The predicted octanol–water partition coefficient (Wildman–Crippen LogP) is 3.40. The highest BCUT2D eigenvalue weighted by atomic mass is 35.5. The summed E-state index contributed by atoms with van der Waals surface area (Å²) in [5, 5.41) is 7.55. The molecule has 2 aromatic carbocycles. The number of aromatic nitrogens is 3. The standard InChI is InChI=1S/C21H20ClN5O2/c1-14(28)26-9-8-15-4-2-3-5-17(15)20(26)11-21(29)25-18-10-16(22)6-7-19(18)27-13-23-12-24-27/h2-7,10,12-13,20H,8-9,11H2,1H3,(H,25,29). The Morgan fingerprint density at radius 1 is 1.24 bits per heavy atom. The second-order valence-electron chi connectivity index (χ2n) is 6.93. The molecule has 1 N–H and O–H groups in total. The van der Waals surface area contributed by atoms with Crippen molar-refractivity contribution in [2.45, 2.75) is 25.8 Å². The molecule has 1 atom stereocenters. The molecule has 7 nitrogen and oxygen atoms in total. The van der Waals surface area contributed by atoms with E-state index < -0.39 is 0 Å². The van der Waals surface area contributed by atoms with Crippen molar-refractivity contribution in [2.75, 3.05) is 11.9 Å². The number of fused-ring (bicyclic) bond motifs is 1. The molecule has 2 heterocycles. The van der Waals surface area contributed by atoms with Gasteiger partial charge in [-0.05, 0) is 35.7 Å². The molecule has 1 aliphatic heterocycles. The van der Waals surface area contributed by atoms with Crippen molar-refractivity contribution in [3.63, 3.8) is 0 Å². The average molecular weight is 410 g/mol. The van der Waals surface area contributed by atoms with Crippen LogP contribution in [0.5, 0.6) is 0 Å². The zero-order valence-corrected chi connectivity index (χ0v) is 16.6. The van der Waals surface area contributed by atoms with Crippen LogP contribution in [0.1, 0.15) is 30.5 Å². The summed E-state index contributed by atoms with van der Waals surface area (Å²) in [6.45, 7) is 2.14. The predicted molar refractivity (Wildman–Crippen MR) is 110 cm³/mol. The quantitative estimate of drug-likeness (QED) is 0.716. The minimum atomic E-state index is -0.300. The van der Waals surface area contributed by atoms with Gasteiger partial charge in [0.2, 0.25) is 11.8 Å². The summed E-state index contributed by atoms with van der Waals surface area (Å²) in [4.78, 5) is 30.8.